The molecule has 0 aliphatic carbocycles. The van der Waals surface area contributed by atoms with Crippen molar-refractivity contribution in [1.29, 1.82) is 0 Å². The molecule has 2 rings (SSSR count). The Hall–Kier alpha value is -1.91. The van der Waals surface area contributed by atoms with Crippen LogP contribution in [-0.4, -0.2) is 34.1 Å². The van der Waals surface area contributed by atoms with Gasteiger partial charge in [-0.2, -0.15) is 0 Å². The molecule has 13 heavy (non-hydrogen) atoms. The Balaban J connectivity index is 2.39. The van der Waals surface area contributed by atoms with Gasteiger partial charge in [-0.05, 0) is 6.08 Å². The molecule has 2 aliphatic heterocycles. The number of carbonyl (C=O) groups is 1. The van der Waals surface area contributed by atoms with Crippen LogP contribution in [0.2, 0.25) is 0 Å². The average Bonchev–Trinajstić information content (AvgIpc) is 2.17. The summed E-state index contributed by atoms with van der Waals surface area (Å²) < 4.78 is 0. The van der Waals surface area contributed by atoms with E-state index in [9.17, 15) is 4.79 Å². The van der Waals surface area contributed by atoms with E-state index in [4.69, 9.17) is 5.11 Å². The van der Waals surface area contributed by atoms with E-state index in [1.165, 1.54) is 6.20 Å². The fourth-order valence-electron chi connectivity index (χ4n) is 1.16. The van der Waals surface area contributed by atoms with E-state index < -0.39 is 5.97 Å². The highest BCUT2D eigenvalue weighted by atomic mass is 16.4. The first-order chi connectivity index (χ1) is 6.29. The number of hydrogen-bond acceptors (Lipinski definition) is 4. The predicted octanol–water partition coefficient (Wildman–Crippen LogP) is 0.225. The van der Waals surface area contributed by atoms with Crippen LogP contribution in [-0.2, 0) is 4.79 Å². The highest BCUT2D eigenvalue weighted by Crippen LogP contribution is 2.08. The molecule has 5 nitrogen and oxygen atoms in total. The Labute approximate surface area is 74.4 Å². The number of aliphatic imine (C=N–C) groups is 2. The van der Waals surface area contributed by atoms with Crippen LogP contribution in [0.25, 0.3) is 0 Å². The Morgan fingerprint density at radius 2 is 2.38 bits per heavy atom. The molecule has 66 valence electrons. The number of rotatable bonds is 1. The highest BCUT2D eigenvalue weighted by molar-refractivity contribution is 6.65. The number of carboxylic acid groups (broad SMARTS) is 1. The van der Waals surface area contributed by atoms with Crippen LogP contribution in [0.3, 0.4) is 0 Å². The third kappa shape index (κ3) is 1.24. The van der Waals surface area contributed by atoms with Gasteiger partial charge in [-0.25, -0.2) is 9.79 Å². The van der Waals surface area contributed by atoms with Gasteiger partial charge >= 0.3 is 5.97 Å². The molecule has 2 aliphatic rings. The molecule has 0 saturated carbocycles. The van der Waals surface area contributed by atoms with Gasteiger partial charge in [0.05, 0.1) is 6.54 Å². The second kappa shape index (κ2) is 2.85. The zero-order valence-corrected chi connectivity index (χ0v) is 6.71. The van der Waals surface area contributed by atoms with Gasteiger partial charge in [0, 0.05) is 18.6 Å². The van der Waals surface area contributed by atoms with Crippen LogP contribution in [0.1, 0.15) is 0 Å². The molecule has 2 heterocycles. The minimum atomic E-state index is -1.05. The van der Waals surface area contributed by atoms with E-state index in [0.717, 1.165) is 0 Å². The summed E-state index contributed by atoms with van der Waals surface area (Å²) in [5.74, 6) is -0.652. The van der Waals surface area contributed by atoms with E-state index in [2.05, 4.69) is 9.98 Å². The van der Waals surface area contributed by atoms with Crippen LogP contribution in [0.5, 0.6) is 0 Å². The van der Waals surface area contributed by atoms with Crippen LogP contribution in [0.4, 0.5) is 0 Å². The molecule has 0 aromatic heterocycles. The smallest absolute Gasteiger partial charge is 0.358 e. The van der Waals surface area contributed by atoms with Gasteiger partial charge in [-0.3, -0.25) is 4.99 Å². The molecule has 0 spiro atoms. The fourth-order valence-corrected chi connectivity index (χ4v) is 1.16. The first-order valence-electron chi connectivity index (χ1n) is 3.76. The standard InChI is InChI=1S/C8H7N3O2/c12-8(13)6-7-10-2-1-4-11(7)5-3-9-6/h1,3-5H,2H2,(H,12,13). The van der Waals surface area contributed by atoms with Crippen LogP contribution in [0.15, 0.2) is 34.7 Å². The van der Waals surface area contributed by atoms with Crippen molar-refractivity contribution in [3.63, 3.8) is 0 Å². The van der Waals surface area contributed by atoms with Gasteiger partial charge in [0.15, 0.2) is 11.5 Å². The Kier molecular flexibility index (Phi) is 1.70. The lowest BCUT2D eigenvalue weighted by atomic mass is 10.2. The third-order valence-electron chi connectivity index (χ3n) is 1.70. The first kappa shape index (κ1) is 7.72. The van der Waals surface area contributed by atoms with Crippen LogP contribution in [0, 0.1) is 0 Å². The van der Waals surface area contributed by atoms with Gasteiger partial charge in [0.1, 0.15) is 0 Å². The molecule has 0 radical (unpaired) electrons. The molecule has 0 fully saturated rings. The highest BCUT2D eigenvalue weighted by Gasteiger charge is 2.23. The van der Waals surface area contributed by atoms with Gasteiger partial charge in [0.2, 0.25) is 0 Å². The predicted molar refractivity (Wildman–Crippen MR) is 47.5 cm³/mol. The minimum absolute atomic E-state index is 0.00755. The monoisotopic (exact) mass is 177 g/mol. The minimum Gasteiger partial charge on any atom is -0.476 e. The first-order valence-corrected chi connectivity index (χ1v) is 3.76. The molecule has 0 atom stereocenters. The number of carboxylic acids is 1. The van der Waals surface area contributed by atoms with E-state index >= 15 is 0 Å². The molecule has 0 bridgehead atoms. The van der Waals surface area contributed by atoms with Crippen molar-refractivity contribution >= 4 is 17.5 Å². The largest absolute Gasteiger partial charge is 0.476 e. The van der Waals surface area contributed by atoms with Gasteiger partial charge in [0.25, 0.3) is 0 Å². The lowest BCUT2D eigenvalue weighted by Crippen LogP contribution is -2.37. The molecule has 1 N–H and O–H groups in total. The summed E-state index contributed by atoms with van der Waals surface area (Å²) in [6, 6.07) is 0. The zero-order chi connectivity index (χ0) is 9.26. The Bertz CT molecular complexity index is 366. The number of fused-ring (bicyclic) bond motifs is 1. The van der Waals surface area contributed by atoms with E-state index in [0.29, 0.717) is 12.4 Å². The molecule has 0 saturated heterocycles. The summed E-state index contributed by atoms with van der Waals surface area (Å²) in [4.78, 5) is 20.1. The molecule has 0 amide bonds. The lowest BCUT2D eigenvalue weighted by Gasteiger charge is -2.22. The van der Waals surface area contributed by atoms with Crippen molar-refractivity contribution in [1.82, 2.24) is 4.90 Å². The van der Waals surface area contributed by atoms with Gasteiger partial charge < -0.3 is 10.0 Å². The summed E-state index contributed by atoms with van der Waals surface area (Å²) in [7, 11) is 0. The van der Waals surface area contributed by atoms with Crippen molar-refractivity contribution < 1.29 is 9.90 Å². The van der Waals surface area contributed by atoms with Gasteiger partial charge in [-0.15, -0.1) is 0 Å². The lowest BCUT2D eigenvalue weighted by molar-refractivity contribution is -0.129. The summed E-state index contributed by atoms with van der Waals surface area (Å²) in [6.07, 6.45) is 6.73. The van der Waals surface area contributed by atoms with Crippen molar-refractivity contribution in [2.45, 2.75) is 0 Å². The fraction of sp³-hybridized carbons (Fsp3) is 0.125. The SMILES string of the molecule is O=C(O)C1=NC=CN2C=CCN=C12. The van der Waals surface area contributed by atoms with Crippen molar-refractivity contribution in [2.75, 3.05) is 6.54 Å². The molecule has 5 heteroatoms. The normalized spacial score (nSPS) is 19.2. The summed E-state index contributed by atoms with van der Waals surface area (Å²) in [6.45, 7) is 0.506. The molecular formula is C8H7N3O2. The summed E-state index contributed by atoms with van der Waals surface area (Å²) >= 11 is 0. The van der Waals surface area contributed by atoms with Crippen LogP contribution >= 0.6 is 0 Å². The molecular weight excluding hydrogens is 170 g/mol. The number of aliphatic carboxylic acids is 1. The van der Waals surface area contributed by atoms with E-state index in [1.807, 2.05) is 6.08 Å². The Morgan fingerprint density at radius 3 is 3.15 bits per heavy atom. The molecule has 0 aromatic rings. The third-order valence-corrected chi connectivity index (χ3v) is 1.70. The van der Waals surface area contributed by atoms with Crippen LogP contribution < -0.4 is 0 Å². The quantitative estimate of drug-likeness (QED) is 0.623. The maximum absolute atomic E-state index is 10.7. The van der Waals surface area contributed by atoms with Crippen molar-refractivity contribution in [3.8, 4) is 0 Å². The van der Waals surface area contributed by atoms with E-state index in [1.54, 1.807) is 17.3 Å². The second-order valence-electron chi connectivity index (χ2n) is 2.54. The summed E-state index contributed by atoms with van der Waals surface area (Å²) in [5.41, 5.74) is -0.00755. The molecule has 0 aromatic carbocycles. The second-order valence-corrected chi connectivity index (χ2v) is 2.54. The zero-order valence-electron chi connectivity index (χ0n) is 6.71. The maximum atomic E-state index is 10.7. The number of amidine groups is 1. The summed E-state index contributed by atoms with van der Waals surface area (Å²) in [5, 5.41) is 8.78. The molecule has 0 unspecified atom stereocenters. The van der Waals surface area contributed by atoms with Gasteiger partial charge in [-0.1, -0.05) is 0 Å². The maximum Gasteiger partial charge on any atom is 0.358 e. The topological polar surface area (TPSA) is 65.3 Å². The number of nitrogens with zero attached hydrogens (tertiary/aromatic N) is 3. The Morgan fingerprint density at radius 1 is 1.54 bits per heavy atom. The number of hydrogen-bond donors (Lipinski definition) is 1. The van der Waals surface area contributed by atoms with Crippen molar-refractivity contribution in [2.24, 2.45) is 9.98 Å². The average molecular weight is 177 g/mol. The van der Waals surface area contributed by atoms with Crippen molar-refractivity contribution in [3.05, 3.63) is 24.7 Å². The van der Waals surface area contributed by atoms with E-state index in [-0.39, 0.29) is 5.71 Å².